The molecule has 14 heavy (non-hydrogen) atoms. The number of hydrogen-bond donors (Lipinski definition) is 0. The number of rotatable bonds is 1. The van der Waals surface area contributed by atoms with Crippen LogP contribution in [0.25, 0.3) is 0 Å². The van der Waals surface area contributed by atoms with Crippen molar-refractivity contribution >= 4 is 0 Å². The van der Waals surface area contributed by atoms with E-state index in [9.17, 15) is 0 Å². The lowest BCUT2D eigenvalue weighted by molar-refractivity contribution is 0.234. The van der Waals surface area contributed by atoms with Gasteiger partial charge in [0, 0.05) is 18.7 Å². The third-order valence-corrected chi connectivity index (χ3v) is 2.72. The SMILES string of the molecule is CCN1CCOc2ccc(C)cc2C1. The van der Waals surface area contributed by atoms with E-state index in [0.717, 1.165) is 32.0 Å². The molecule has 76 valence electrons. The van der Waals surface area contributed by atoms with Crippen molar-refractivity contribution < 1.29 is 4.74 Å². The molecule has 0 fully saturated rings. The Morgan fingerprint density at radius 1 is 1.43 bits per heavy atom. The van der Waals surface area contributed by atoms with Gasteiger partial charge in [-0.25, -0.2) is 0 Å². The first-order valence-corrected chi connectivity index (χ1v) is 5.24. The first-order chi connectivity index (χ1) is 6.79. The van der Waals surface area contributed by atoms with Crippen LogP contribution >= 0.6 is 0 Å². The van der Waals surface area contributed by atoms with E-state index < -0.39 is 0 Å². The summed E-state index contributed by atoms with van der Waals surface area (Å²) < 4.78 is 5.69. The number of benzene rings is 1. The third-order valence-electron chi connectivity index (χ3n) is 2.72. The summed E-state index contributed by atoms with van der Waals surface area (Å²) in [4.78, 5) is 2.41. The lowest BCUT2D eigenvalue weighted by Gasteiger charge is -2.16. The highest BCUT2D eigenvalue weighted by Crippen LogP contribution is 2.23. The average molecular weight is 191 g/mol. The minimum absolute atomic E-state index is 0.809. The average Bonchev–Trinajstić information content (AvgIpc) is 2.38. The lowest BCUT2D eigenvalue weighted by atomic mass is 10.1. The first-order valence-electron chi connectivity index (χ1n) is 5.24. The second-order valence-corrected chi connectivity index (χ2v) is 3.83. The van der Waals surface area contributed by atoms with Gasteiger partial charge in [-0.3, -0.25) is 4.90 Å². The molecule has 0 aromatic heterocycles. The summed E-state index contributed by atoms with van der Waals surface area (Å²) in [7, 11) is 0. The van der Waals surface area contributed by atoms with E-state index in [-0.39, 0.29) is 0 Å². The molecule has 1 heterocycles. The van der Waals surface area contributed by atoms with Crippen LogP contribution in [-0.4, -0.2) is 24.6 Å². The fourth-order valence-corrected chi connectivity index (χ4v) is 1.85. The van der Waals surface area contributed by atoms with E-state index in [1.165, 1.54) is 11.1 Å². The molecule has 0 saturated carbocycles. The van der Waals surface area contributed by atoms with E-state index in [2.05, 4.69) is 36.9 Å². The molecular weight excluding hydrogens is 174 g/mol. The molecule has 2 rings (SSSR count). The molecule has 0 atom stereocenters. The Hall–Kier alpha value is -1.02. The summed E-state index contributed by atoms with van der Waals surface area (Å²) in [6.07, 6.45) is 0. The standard InChI is InChI=1S/C12H17NO/c1-3-13-6-7-14-12-5-4-10(2)8-11(12)9-13/h4-5,8H,3,6-7,9H2,1-2H3. The van der Waals surface area contributed by atoms with Crippen molar-refractivity contribution in [1.29, 1.82) is 0 Å². The Balaban J connectivity index is 2.28. The van der Waals surface area contributed by atoms with E-state index in [1.54, 1.807) is 0 Å². The smallest absolute Gasteiger partial charge is 0.123 e. The van der Waals surface area contributed by atoms with Crippen LogP contribution in [0, 0.1) is 6.92 Å². The molecule has 0 spiro atoms. The van der Waals surface area contributed by atoms with Crippen molar-refractivity contribution in [1.82, 2.24) is 4.90 Å². The Labute approximate surface area is 85.5 Å². The minimum Gasteiger partial charge on any atom is -0.492 e. The van der Waals surface area contributed by atoms with Crippen molar-refractivity contribution in [2.24, 2.45) is 0 Å². The Morgan fingerprint density at radius 2 is 2.29 bits per heavy atom. The number of nitrogens with zero attached hydrogens (tertiary/aromatic N) is 1. The van der Waals surface area contributed by atoms with Gasteiger partial charge in [0.25, 0.3) is 0 Å². The summed E-state index contributed by atoms with van der Waals surface area (Å²) in [5.41, 5.74) is 2.63. The zero-order chi connectivity index (χ0) is 9.97. The molecule has 2 nitrogen and oxygen atoms in total. The molecule has 1 aliphatic heterocycles. The van der Waals surface area contributed by atoms with Gasteiger partial charge < -0.3 is 4.74 Å². The molecule has 0 saturated heterocycles. The topological polar surface area (TPSA) is 12.5 Å². The normalized spacial score (nSPS) is 17.0. The lowest BCUT2D eigenvalue weighted by Crippen LogP contribution is -2.25. The first kappa shape index (κ1) is 9.53. The molecule has 1 aromatic carbocycles. The van der Waals surface area contributed by atoms with Crippen LogP contribution in [0.3, 0.4) is 0 Å². The fourth-order valence-electron chi connectivity index (χ4n) is 1.85. The van der Waals surface area contributed by atoms with Crippen LogP contribution in [0.15, 0.2) is 18.2 Å². The highest BCUT2D eigenvalue weighted by atomic mass is 16.5. The quantitative estimate of drug-likeness (QED) is 0.675. The summed E-state index contributed by atoms with van der Waals surface area (Å²) in [5, 5.41) is 0. The van der Waals surface area contributed by atoms with Crippen molar-refractivity contribution in [2.45, 2.75) is 20.4 Å². The number of aryl methyl sites for hydroxylation is 1. The maximum atomic E-state index is 5.69. The predicted molar refractivity (Wildman–Crippen MR) is 57.6 cm³/mol. The largest absolute Gasteiger partial charge is 0.492 e. The maximum absolute atomic E-state index is 5.69. The Morgan fingerprint density at radius 3 is 3.07 bits per heavy atom. The van der Waals surface area contributed by atoms with E-state index in [1.807, 2.05) is 0 Å². The van der Waals surface area contributed by atoms with Gasteiger partial charge in [-0.05, 0) is 19.5 Å². The third kappa shape index (κ3) is 1.90. The Bertz CT molecular complexity index is 322. The number of fused-ring (bicyclic) bond motifs is 1. The van der Waals surface area contributed by atoms with E-state index in [0.29, 0.717) is 0 Å². The molecule has 0 bridgehead atoms. The molecule has 2 heteroatoms. The second-order valence-electron chi connectivity index (χ2n) is 3.83. The maximum Gasteiger partial charge on any atom is 0.123 e. The fraction of sp³-hybridized carbons (Fsp3) is 0.500. The van der Waals surface area contributed by atoms with Crippen LogP contribution < -0.4 is 4.74 Å². The predicted octanol–water partition coefficient (Wildman–Crippen LogP) is 2.21. The van der Waals surface area contributed by atoms with Gasteiger partial charge in [0.1, 0.15) is 12.4 Å². The number of likely N-dealkylation sites (N-methyl/N-ethyl adjacent to an activating group) is 1. The highest BCUT2D eigenvalue weighted by Gasteiger charge is 2.13. The minimum atomic E-state index is 0.809. The second kappa shape index (κ2) is 4.01. The molecule has 0 radical (unpaired) electrons. The van der Waals surface area contributed by atoms with E-state index in [4.69, 9.17) is 4.74 Å². The van der Waals surface area contributed by atoms with E-state index >= 15 is 0 Å². The summed E-state index contributed by atoms with van der Waals surface area (Å²) in [5.74, 6) is 1.06. The molecule has 1 aliphatic rings. The van der Waals surface area contributed by atoms with Crippen molar-refractivity contribution in [3.63, 3.8) is 0 Å². The summed E-state index contributed by atoms with van der Waals surface area (Å²) >= 11 is 0. The Kier molecular flexibility index (Phi) is 2.73. The molecular formula is C12H17NO. The zero-order valence-corrected chi connectivity index (χ0v) is 8.92. The van der Waals surface area contributed by atoms with Gasteiger partial charge in [-0.1, -0.05) is 24.6 Å². The molecule has 0 unspecified atom stereocenters. The van der Waals surface area contributed by atoms with Crippen LogP contribution in [0.1, 0.15) is 18.1 Å². The molecule has 0 N–H and O–H groups in total. The van der Waals surface area contributed by atoms with Crippen molar-refractivity contribution in [2.75, 3.05) is 19.7 Å². The zero-order valence-electron chi connectivity index (χ0n) is 8.92. The van der Waals surface area contributed by atoms with Gasteiger partial charge in [0.2, 0.25) is 0 Å². The number of hydrogen-bond acceptors (Lipinski definition) is 2. The monoisotopic (exact) mass is 191 g/mol. The van der Waals surface area contributed by atoms with Gasteiger partial charge in [0.15, 0.2) is 0 Å². The van der Waals surface area contributed by atoms with Crippen molar-refractivity contribution in [3.05, 3.63) is 29.3 Å². The number of ether oxygens (including phenoxy) is 1. The van der Waals surface area contributed by atoms with Gasteiger partial charge >= 0.3 is 0 Å². The van der Waals surface area contributed by atoms with Gasteiger partial charge in [-0.2, -0.15) is 0 Å². The van der Waals surface area contributed by atoms with Crippen LogP contribution in [0.5, 0.6) is 5.75 Å². The molecule has 0 amide bonds. The molecule has 0 aliphatic carbocycles. The van der Waals surface area contributed by atoms with Crippen LogP contribution in [0.2, 0.25) is 0 Å². The molecule has 1 aromatic rings. The highest BCUT2D eigenvalue weighted by molar-refractivity contribution is 5.37. The summed E-state index contributed by atoms with van der Waals surface area (Å²) in [6.45, 7) is 8.28. The summed E-state index contributed by atoms with van der Waals surface area (Å²) in [6, 6.07) is 6.42. The van der Waals surface area contributed by atoms with Gasteiger partial charge in [0.05, 0.1) is 0 Å². The van der Waals surface area contributed by atoms with Gasteiger partial charge in [-0.15, -0.1) is 0 Å². The van der Waals surface area contributed by atoms with Crippen molar-refractivity contribution in [3.8, 4) is 5.75 Å². The van der Waals surface area contributed by atoms with Crippen LogP contribution in [0.4, 0.5) is 0 Å². The van der Waals surface area contributed by atoms with Crippen LogP contribution in [-0.2, 0) is 6.54 Å².